The number of unbranched alkanes of at least 4 members (excludes halogenated alkanes) is 2. The largest absolute Gasteiger partial charge is 0.491 e. The summed E-state index contributed by atoms with van der Waals surface area (Å²) in [7, 11) is 0. The first-order valence-electron chi connectivity index (χ1n) is 10.8. The molecule has 31 heavy (non-hydrogen) atoms. The van der Waals surface area contributed by atoms with Crippen LogP contribution in [0.5, 0.6) is 5.75 Å². The zero-order valence-electron chi connectivity index (χ0n) is 18.4. The minimum absolute atomic E-state index is 0.0103. The minimum Gasteiger partial charge on any atom is -0.491 e. The zero-order valence-corrected chi connectivity index (χ0v) is 18.4. The Bertz CT molecular complexity index is 809. The molecule has 0 aliphatic heterocycles. The SMILES string of the molecule is CCCCCC(=O)Nc1cccc(NC(=O)CNc2ccc(OCCOCC)cc2)c1. The lowest BCUT2D eigenvalue weighted by molar-refractivity contribution is -0.116. The van der Waals surface area contributed by atoms with Crippen LogP contribution < -0.4 is 20.7 Å². The van der Waals surface area contributed by atoms with E-state index in [0.717, 1.165) is 30.7 Å². The summed E-state index contributed by atoms with van der Waals surface area (Å²) < 4.78 is 10.8. The third-order valence-electron chi connectivity index (χ3n) is 4.45. The van der Waals surface area contributed by atoms with Gasteiger partial charge in [0.2, 0.25) is 11.8 Å². The average Bonchev–Trinajstić information content (AvgIpc) is 2.76. The first kappa shape index (κ1) is 24.2. The van der Waals surface area contributed by atoms with E-state index in [-0.39, 0.29) is 18.4 Å². The number of hydrogen-bond donors (Lipinski definition) is 3. The highest BCUT2D eigenvalue weighted by Crippen LogP contribution is 2.17. The van der Waals surface area contributed by atoms with E-state index in [4.69, 9.17) is 9.47 Å². The van der Waals surface area contributed by atoms with Gasteiger partial charge in [-0.1, -0.05) is 25.8 Å². The van der Waals surface area contributed by atoms with Crippen molar-refractivity contribution in [1.82, 2.24) is 0 Å². The lowest BCUT2D eigenvalue weighted by Gasteiger charge is -2.11. The monoisotopic (exact) mass is 427 g/mol. The molecule has 0 spiro atoms. The maximum Gasteiger partial charge on any atom is 0.243 e. The van der Waals surface area contributed by atoms with E-state index in [1.165, 1.54) is 0 Å². The van der Waals surface area contributed by atoms with Crippen molar-refractivity contribution in [2.75, 3.05) is 42.3 Å². The van der Waals surface area contributed by atoms with Gasteiger partial charge < -0.3 is 25.4 Å². The lowest BCUT2D eigenvalue weighted by atomic mass is 10.2. The molecular weight excluding hydrogens is 394 g/mol. The molecule has 7 heteroatoms. The van der Waals surface area contributed by atoms with Crippen molar-refractivity contribution in [2.24, 2.45) is 0 Å². The molecule has 2 amide bonds. The van der Waals surface area contributed by atoms with Gasteiger partial charge in [0, 0.05) is 30.1 Å². The predicted molar refractivity (Wildman–Crippen MR) is 125 cm³/mol. The third-order valence-corrected chi connectivity index (χ3v) is 4.45. The van der Waals surface area contributed by atoms with Crippen LogP contribution in [-0.4, -0.2) is 38.2 Å². The summed E-state index contributed by atoms with van der Waals surface area (Å²) in [5, 5.41) is 8.79. The Kier molecular flexibility index (Phi) is 11.0. The second-order valence-corrected chi connectivity index (χ2v) is 7.06. The van der Waals surface area contributed by atoms with Gasteiger partial charge in [0.1, 0.15) is 12.4 Å². The maximum absolute atomic E-state index is 12.3. The number of amides is 2. The van der Waals surface area contributed by atoms with E-state index in [1.807, 2.05) is 37.3 Å². The summed E-state index contributed by atoms with van der Waals surface area (Å²) in [5.41, 5.74) is 2.13. The van der Waals surface area contributed by atoms with Crippen molar-refractivity contribution in [1.29, 1.82) is 0 Å². The van der Waals surface area contributed by atoms with Gasteiger partial charge in [-0.25, -0.2) is 0 Å². The Balaban J connectivity index is 1.75. The van der Waals surface area contributed by atoms with E-state index in [2.05, 4.69) is 22.9 Å². The van der Waals surface area contributed by atoms with E-state index < -0.39 is 0 Å². The summed E-state index contributed by atoms with van der Waals surface area (Å²) >= 11 is 0. The van der Waals surface area contributed by atoms with Crippen molar-refractivity contribution >= 4 is 28.9 Å². The zero-order chi connectivity index (χ0) is 22.3. The van der Waals surface area contributed by atoms with Crippen molar-refractivity contribution in [3.8, 4) is 5.75 Å². The first-order chi connectivity index (χ1) is 15.1. The standard InChI is InChI=1S/C24H33N3O4/c1-3-5-6-10-23(28)26-20-8-7-9-21(17-20)27-24(29)18-25-19-11-13-22(14-12-19)31-16-15-30-4-2/h7-9,11-14,17,25H,3-6,10,15-16,18H2,1-2H3,(H,26,28)(H,27,29). The minimum atomic E-state index is -0.177. The smallest absolute Gasteiger partial charge is 0.243 e. The molecule has 7 nitrogen and oxygen atoms in total. The fraction of sp³-hybridized carbons (Fsp3) is 0.417. The number of carbonyl (C=O) groups is 2. The van der Waals surface area contributed by atoms with E-state index in [9.17, 15) is 9.59 Å². The normalized spacial score (nSPS) is 10.4. The molecule has 2 aromatic rings. The van der Waals surface area contributed by atoms with Gasteiger partial charge in [0.15, 0.2) is 0 Å². The van der Waals surface area contributed by atoms with Gasteiger partial charge in [-0.3, -0.25) is 9.59 Å². The van der Waals surface area contributed by atoms with Crippen LogP contribution in [0.15, 0.2) is 48.5 Å². The average molecular weight is 428 g/mol. The summed E-state index contributed by atoms with van der Waals surface area (Å²) in [6, 6.07) is 14.6. The van der Waals surface area contributed by atoms with Gasteiger partial charge in [0.25, 0.3) is 0 Å². The number of benzene rings is 2. The van der Waals surface area contributed by atoms with Gasteiger partial charge in [-0.15, -0.1) is 0 Å². The molecule has 0 fully saturated rings. The molecule has 0 unspecified atom stereocenters. The van der Waals surface area contributed by atoms with E-state index in [0.29, 0.717) is 37.6 Å². The van der Waals surface area contributed by atoms with Gasteiger partial charge in [0.05, 0.1) is 13.2 Å². The molecule has 3 N–H and O–H groups in total. The van der Waals surface area contributed by atoms with E-state index >= 15 is 0 Å². The molecule has 0 aromatic heterocycles. The Morgan fingerprint density at radius 3 is 2.23 bits per heavy atom. The first-order valence-corrected chi connectivity index (χ1v) is 10.8. The van der Waals surface area contributed by atoms with Gasteiger partial charge in [-0.05, 0) is 55.8 Å². The van der Waals surface area contributed by atoms with Crippen LogP contribution in [0.1, 0.15) is 39.5 Å². The van der Waals surface area contributed by atoms with Crippen LogP contribution in [0, 0.1) is 0 Å². The molecular formula is C24H33N3O4. The number of nitrogens with one attached hydrogen (secondary N) is 3. The van der Waals surface area contributed by atoms with Crippen LogP contribution in [0.2, 0.25) is 0 Å². The van der Waals surface area contributed by atoms with Crippen molar-refractivity contribution in [2.45, 2.75) is 39.5 Å². The third kappa shape index (κ3) is 10.00. The molecule has 0 atom stereocenters. The summed E-state index contributed by atoms with van der Waals surface area (Å²) in [6.45, 7) is 5.90. The topological polar surface area (TPSA) is 88.7 Å². The Hall–Kier alpha value is -3.06. The number of hydrogen-bond acceptors (Lipinski definition) is 5. The fourth-order valence-corrected chi connectivity index (χ4v) is 2.85. The van der Waals surface area contributed by atoms with Crippen molar-refractivity contribution in [3.05, 3.63) is 48.5 Å². The van der Waals surface area contributed by atoms with Crippen molar-refractivity contribution in [3.63, 3.8) is 0 Å². The molecule has 0 saturated carbocycles. The number of carbonyl (C=O) groups excluding carboxylic acids is 2. The molecule has 0 aliphatic carbocycles. The molecule has 0 heterocycles. The highest BCUT2D eigenvalue weighted by molar-refractivity contribution is 5.95. The van der Waals surface area contributed by atoms with Crippen LogP contribution in [-0.2, 0) is 14.3 Å². The summed E-state index contributed by atoms with van der Waals surface area (Å²) in [4.78, 5) is 24.2. The maximum atomic E-state index is 12.3. The number of anilines is 3. The van der Waals surface area contributed by atoms with Crippen LogP contribution >= 0.6 is 0 Å². The molecule has 168 valence electrons. The molecule has 2 rings (SSSR count). The van der Waals surface area contributed by atoms with Crippen molar-refractivity contribution < 1.29 is 19.1 Å². The van der Waals surface area contributed by atoms with E-state index in [1.54, 1.807) is 18.2 Å². The molecule has 0 saturated heterocycles. The number of rotatable bonds is 14. The highest BCUT2D eigenvalue weighted by atomic mass is 16.5. The molecule has 0 bridgehead atoms. The van der Waals surface area contributed by atoms with Crippen LogP contribution in [0.3, 0.4) is 0 Å². The molecule has 2 aromatic carbocycles. The molecule has 0 aliphatic rings. The fourth-order valence-electron chi connectivity index (χ4n) is 2.85. The molecule has 0 radical (unpaired) electrons. The lowest BCUT2D eigenvalue weighted by Crippen LogP contribution is -2.21. The van der Waals surface area contributed by atoms with Gasteiger partial charge >= 0.3 is 0 Å². The second-order valence-electron chi connectivity index (χ2n) is 7.06. The quantitative estimate of drug-likeness (QED) is 0.381. The highest BCUT2D eigenvalue weighted by Gasteiger charge is 2.06. The number of ether oxygens (including phenoxy) is 2. The predicted octanol–water partition coefficient (Wildman–Crippen LogP) is 4.67. The van der Waals surface area contributed by atoms with Crippen LogP contribution in [0.25, 0.3) is 0 Å². The Morgan fingerprint density at radius 2 is 1.55 bits per heavy atom. The Morgan fingerprint density at radius 1 is 0.839 bits per heavy atom. The van der Waals surface area contributed by atoms with Gasteiger partial charge in [-0.2, -0.15) is 0 Å². The second kappa shape index (κ2) is 14.0. The van der Waals surface area contributed by atoms with Crippen LogP contribution in [0.4, 0.5) is 17.1 Å². The Labute approximate surface area is 184 Å². The summed E-state index contributed by atoms with van der Waals surface area (Å²) in [5.74, 6) is 0.565. The summed E-state index contributed by atoms with van der Waals surface area (Å²) in [6.07, 6.45) is 3.50.